The third-order valence-corrected chi connectivity index (χ3v) is 6.06. The highest BCUT2D eigenvalue weighted by Crippen LogP contribution is 2.60. The lowest BCUT2D eigenvalue weighted by Gasteiger charge is -2.56. The second kappa shape index (κ2) is 6.32. The van der Waals surface area contributed by atoms with Gasteiger partial charge in [0.25, 0.3) is 5.91 Å². The van der Waals surface area contributed by atoms with Crippen molar-refractivity contribution in [3.05, 3.63) is 35.6 Å². The predicted molar refractivity (Wildman–Crippen MR) is 89.0 cm³/mol. The van der Waals surface area contributed by atoms with Crippen molar-refractivity contribution in [1.82, 2.24) is 10.9 Å². The Hall–Kier alpha value is -2.11. The molecule has 0 atom stereocenters. The standard InChI is InChI=1S/C19H23FN2O3/c20-16-3-1-15(2-4-16)17(23)21-22-18(24)25-11-19-8-12-5-13(9-19)7-14(6-12)10-19/h1-4,12-14H,5-11H2,(H,21,23)(H,22,24). The third kappa shape index (κ3) is 3.48. The molecular formula is C19H23FN2O3. The Morgan fingerprint density at radius 3 is 2.12 bits per heavy atom. The van der Waals surface area contributed by atoms with Crippen LogP contribution in [0.3, 0.4) is 0 Å². The first-order chi connectivity index (χ1) is 12.0. The van der Waals surface area contributed by atoms with Gasteiger partial charge in [-0.05, 0) is 80.5 Å². The molecule has 2 amide bonds. The summed E-state index contributed by atoms with van der Waals surface area (Å²) >= 11 is 0. The van der Waals surface area contributed by atoms with Gasteiger partial charge in [0.2, 0.25) is 0 Å². The van der Waals surface area contributed by atoms with E-state index in [2.05, 4.69) is 10.9 Å². The fraction of sp³-hybridized carbons (Fsp3) is 0.579. The number of hydrogen-bond donors (Lipinski definition) is 2. The molecule has 0 heterocycles. The van der Waals surface area contributed by atoms with Crippen LogP contribution in [0.15, 0.2) is 24.3 Å². The molecule has 5 nitrogen and oxygen atoms in total. The molecule has 4 bridgehead atoms. The van der Waals surface area contributed by atoms with Crippen molar-refractivity contribution in [1.29, 1.82) is 0 Å². The van der Waals surface area contributed by atoms with Crippen LogP contribution in [-0.4, -0.2) is 18.6 Å². The monoisotopic (exact) mass is 346 g/mol. The quantitative estimate of drug-likeness (QED) is 0.824. The minimum atomic E-state index is -0.647. The highest BCUT2D eigenvalue weighted by atomic mass is 19.1. The minimum Gasteiger partial charge on any atom is -0.448 e. The molecule has 0 saturated heterocycles. The Balaban J connectivity index is 1.26. The maximum absolute atomic E-state index is 12.9. The molecule has 5 rings (SSSR count). The molecule has 4 saturated carbocycles. The van der Waals surface area contributed by atoms with Gasteiger partial charge in [0.1, 0.15) is 5.82 Å². The molecular weight excluding hydrogens is 323 g/mol. The van der Waals surface area contributed by atoms with Gasteiger partial charge in [-0.1, -0.05) is 0 Å². The first-order valence-corrected chi connectivity index (χ1v) is 9.00. The van der Waals surface area contributed by atoms with E-state index in [-0.39, 0.29) is 11.0 Å². The largest absolute Gasteiger partial charge is 0.448 e. The van der Waals surface area contributed by atoms with Crippen LogP contribution in [0.4, 0.5) is 9.18 Å². The van der Waals surface area contributed by atoms with E-state index in [1.165, 1.54) is 43.5 Å². The van der Waals surface area contributed by atoms with E-state index in [1.54, 1.807) is 0 Å². The summed E-state index contributed by atoms with van der Waals surface area (Å²) < 4.78 is 18.3. The summed E-state index contributed by atoms with van der Waals surface area (Å²) in [6.07, 6.45) is 6.87. The number of amides is 2. The smallest absolute Gasteiger partial charge is 0.426 e. The van der Waals surface area contributed by atoms with Crippen LogP contribution >= 0.6 is 0 Å². The predicted octanol–water partition coefficient (Wildman–Crippen LogP) is 3.41. The summed E-state index contributed by atoms with van der Waals surface area (Å²) in [6.45, 7) is 0.425. The molecule has 0 unspecified atom stereocenters. The van der Waals surface area contributed by atoms with Crippen molar-refractivity contribution in [3.8, 4) is 0 Å². The second-order valence-corrected chi connectivity index (χ2v) is 8.08. The van der Waals surface area contributed by atoms with E-state index in [9.17, 15) is 14.0 Å². The number of hydrogen-bond acceptors (Lipinski definition) is 3. The molecule has 0 spiro atoms. The van der Waals surface area contributed by atoms with Crippen LogP contribution in [0.5, 0.6) is 0 Å². The summed E-state index contributed by atoms with van der Waals surface area (Å²) in [6, 6.07) is 5.10. The van der Waals surface area contributed by atoms with Crippen molar-refractivity contribution in [2.24, 2.45) is 23.2 Å². The SMILES string of the molecule is O=C(NNC(=O)c1ccc(F)cc1)OCC12CC3CC(CC(C3)C1)C2. The second-order valence-electron chi connectivity index (χ2n) is 8.08. The molecule has 4 fully saturated rings. The van der Waals surface area contributed by atoms with Crippen LogP contribution in [0.25, 0.3) is 0 Å². The van der Waals surface area contributed by atoms with Crippen LogP contribution in [-0.2, 0) is 4.74 Å². The molecule has 25 heavy (non-hydrogen) atoms. The van der Waals surface area contributed by atoms with Crippen molar-refractivity contribution in [3.63, 3.8) is 0 Å². The lowest BCUT2D eigenvalue weighted by molar-refractivity contribution is -0.0821. The molecule has 1 aromatic rings. The lowest BCUT2D eigenvalue weighted by atomic mass is 9.50. The van der Waals surface area contributed by atoms with E-state index in [4.69, 9.17) is 4.74 Å². The van der Waals surface area contributed by atoms with Gasteiger partial charge >= 0.3 is 6.09 Å². The zero-order chi connectivity index (χ0) is 17.4. The Morgan fingerprint density at radius 2 is 1.56 bits per heavy atom. The number of ether oxygens (including phenoxy) is 1. The maximum Gasteiger partial charge on any atom is 0.426 e. The summed E-state index contributed by atoms with van der Waals surface area (Å²) in [7, 11) is 0. The first kappa shape index (κ1) is 16.4. The summed E-state index contributed by atoms with van der Waals surface area (Å²) in [4.78, 5) is 23.8. The molecule has 0 radical (unpaired) electrons. The number of nitrogens with one attached hydrogen (secondary N) is 2. The van der Waals surface area contributed by atoms with Gasteiger partial charge in [-0.15, -0.1) is 0 Å². The Morgan fingerprint density at radius 1 is 1.00 bits per heavy atom. The average molecular weight is 346 g/mol. The molecule has 4 aliphatic carbocycles. The van der Waals surface area contributed by atoms with Gasteiger partial charge in [0, 0.05) is 11.0 Å². The lowest BCUT2D eigenvalue weighted by Crippen LogP contribution is -2.49. The molecule has 0 aromatic heterocycles. The van der Waals surface area contributed by atoms with Crippen LogP contribution in [0.2, 0.25) is 0 Å². The summed E-state index contributed by atoms with van der Waals surface area (Å²) in [5.41, 5.74) is 4.98. The number of benzene rings is 1. The Labute approximate surface area is 146 Å². The van der Waals surface area contributed by atoms with E-state index in [1.807, 2.05) is 0 Å². The third-order valence-electron chi connectivity index (χ3n) is 6.06. The van der Waals surface area contributed by atoms with Crippen LogP contribution in [0.1, 0.15) is 48.9 Å². The number of rotatable bonds is 3. The molecule has 0 aliphatic heterocycles. The Kier molecular flexibility index (Phi) is 4.13. The molecule has 1 aromatic carbocycles. The topological polar surface area (TPSA) is 67.4 Å². The van der Waals surface area contributed by atoms with E-state index >= 15 is 0 Å². The van der Waals surface area contributed by atoms with Crippen molar-refractivity contribution >= 4 is 12.0 Å². The Bertz CT molecular complexity index is 638. The maximum atomic E-state index is 12.9. The van der Waals surface area contributed by atoms with E-state index in [0.717, 1.165) is 37.0 Å². The molecule has 134 valence electrons. The number of carbonyl (C=O) groups excluding carboxylic acids is 2. The highest BCUT2D eigenvalue weighted by molar-refractivity contribution is 5.94. The zero-order valence-electron chi connectivity index (χ0n) is 14.1. The van der Waals surface area contributed by atoms with Gasteiger partial charge in [-0.3, -0.25) is 10.2 Å². The first-order valence-electron chi connectivity index (χ1n) is 9.00. The van der Waals surface area contributed by atoms with E-state index < -0.39 is 17.8 Å². The molecule has 2 N–H and O–H groups in total. The average Bonchev–Trinajstić information content (AvgIpc) is 2.57. The van der Waals surface area contributed by atoms with Crippen molar-refractivity contribution < 1.29 is 18.7 Å². The molecule has 6 heteroatoms. The minimum absolute atomic E-state index is 0.146. The van der Waals surface area contributed by atoms with Gasteiger partial charge in [-0.25, -0.2) is 14.6 Å². The summed E-state index contributed by atoms with van der Waals surface area (Å²) in [5.74, 6) is 1.48. The summed E-state index contributed by atoms with van der Waals surface area (Å²) in [5, 5.41) is 0. The highest BCUT2D eigenvalue weighted by Gasteiger charge is 2.51. The van der Waals surface area contributed by atoms with Crippen LogP contribution in [0, 0.1) is 29.0 Å². The number of carbonyl (C=O) groups is 2. The van der Waals surface area contributed by atoms with Crippen molar-refractivity contribution in [2.45, 2.75) is 38.5 Å². The fourth-order valence-corrected chi connectivity index (χ4v) is 5.50. The van der Waals surface area contributed by atoms with Crippen molar-refractivity contribution in [2.75, 3.05) is 6.61 Å². The normalized spacial score (nSPS) is 32.3. The molecule has 4 aliphatic rings. The van der Waals surface area contributed by atoms with E-state index in [0.29, 0.717) is 6.61 Å². The van der Waals surface area contributed by atoms with Gasteiger partial charge in [-0.2, -0.15) is 0 Å². The number of halogens is 1. The van der Waals surface area contributed by atoms with Gasteiger partial charge in [0.05, 0.1) is 6.61 Å². The fourth-order valence-electron chi connectivity index (χ4n) is 5.50. The zero-order valence-corrected chi connectivity index (χ0v) is 14.1. The van der Waals surface area contributed by atoms with Crippen LogP contribution < -0.4 is 10.9 Å². The van der Waals surface area contributed by atoms with Gasteiger partial charge < -0.3 is 4.74 Å². The number of hydrazine groups is 1. The van der Waals surface area contributed by atoms with Gasteiger partial charge in [0.15, 0.2) is 0 Å².